The van der Waals surface area contributed by atoms with Crippen molar-refractivity contribution in [2.45, 2.75) is 34.1 Å². The second-order valence-electron chi connectivity index (χ2n) is 8.61. The highest BCUT2D eigenvalue weighted by Gasteiger charge is 2.25. The van der Waals surface area contributed by atoms with Crippen molar-refractivity contribution in [1.29, 1.82) is 0 Å². The van der Waals surface area contributed by atoms with Gasteiger partial charge >= 0.3 is 0 Å². The van der Waals surface area contributed by atoms with Crippen molar-refractivity contribution >= 4 is 33.8 Å². The first kappa shape index (κ1) is 21.3. The maximum Gasteiger partial charge on any atom is 0.261 e. The predicted octanol–water partition coefficient (Wildman–Crippen LogP) is 4.44. The van der Waals surface area contributed by atoms with E-state index < -0.39 is 5.41 Å². The van der Waals surface area contributed by atoms with Gasteiger partial charge in [-0.1, -0.05) is 20.8 Å². The van der Waals surface area contributed by atoms with Crippen molar-refractivity contribution in [2.24, 2.45) is 11.3 Å². The van der Waals surface area contributed by atoms with Crippen LogP contribution in [0.2, 0.25) is 0 Å². The van der Waals surface area contributed by atoms with Crippen LogP contribution in [0.25, 0.3) is 0 Å². The third-order valence-corrected chi connectivity index (χ3v) is 6.22. The van der Waals surface area contributed by atoms with E-state index in [0.29, 0.717) is 22.3 Å². The average Bonchev–Trinajstić information content (AvgIpc) is 3.26. The molecule has 1 aliphatic rings. The van der Waals surface area contributed by atoms with Crippen molar-refractivity contribution in [1.82, 2.24) is 5.32 Å². The molecule has 29 heavy (non-hydrogen) atoms. The Morgan fingerprint density at radius 1 is 1.24 bits per heavy atom. The lowest BCUT2D eigenvalue weighted by atomic mass is 9.96. The fraction of sp³-hybridized carbons (Fsp3) is 0.455. The minimum Gasteiger partial charge on any atom is -0.371 e. The zero-order valence-corrected chi connectivity index (χ0v) is 18.2. The van der Waals surface area contributed by atoms with E-state index in [0.717, 1.165) is 30.8 Å². The lowest BCUT2D eigenvalue weighted by molar-refractivity contribution is -0.123. The summed E-state index contributed by atoms with van der Waals surface area (Å²) in [5, 5.41) is 6.61. The first-order chi connectivity index (χ1) is 13.6. The molecule has 2 N–H and O–H groups in total. The van der Waals surface area contributed by atoms with Gasteiger partial charge < -0.3 is 15.5 Å². The van der Waals surface area contributed by atoms with Crippen LogP contribution in [0.5, 0.6) is 0 Å². The zero-order valence-electron chi connectivity index (χ0n) is 17.3. The van der Waals surface area contributed by atoms with Crippen LogP contribution in [-0.4, -0.2) is 31.4 Å². The molecule has 156 valence electrons. The van der Waals surface area contributed by atoms with Crippen molar-refractivity contribution < 1.29 is 14.0 Å². The van der Waals surface area contributed by atoms with E-state index in [1.807, 2.05) is 33.8 Å². The number of rotatable bonds is 5. The van der Waals surface area contributed by atoms with Crippen LogP contribution >= 0.6 is 11.3 Å². The highest BCUT2D eigenvalue weighted by molar-refractivity contribution is 7.18. The molecule has 1 aromatic carbocycles. The maximum absolute atomic E-state index is 13.1. The number of thiophene rings is 1. The SMILES string of the molecule is Cc1cc(NC(=O)C(C)(C)C)sc1C(=O)NCC1CCN(c2ccc(F)cc2)C1. The molecule has 0 saturated carbocycles. The number of aryl methyl sites for hydroxylation is 1. The summed E-state index contributed by atoms with van der Waals surface area (Å²) in [6, 6.07) is 8.37. The fourth-order valence-electron chi connectivity index (χ4n) is 3.27. The number of halogens is 1. The largest absolute Gasteiger partial charge is 0.371 e. The topological polar surface area (TPSA) is 61.4 Å². The Morgan fingerprint density at radius 2 is 1.93 bits per heavy atom. The Bertz CT molecular complexity index is 886. The van der Waals surface area contributed by atoms with E-state index in [4.69, 9.17) is 0 Å². The fourth-order valence-corrected chi connectivity index (χ4v) is 4.26. The van der Waals surface area contributed by atoms with Gasteiger partial charge in [-0.25, -0.2) is 4.39 Å². The Kier molecular flexibility index (Phi) is 6.27. The molecule has 0 spiro atoms. The monoisotopic (exact) mass is 417 g/mol. The molecule has 0 radical (unpaired) electrons. The van der Waals surface area contributed by atoms with Gasteiger partial charge in [-0.3, -0.25) is 9.59 Å². The van der Waals surface area contributed by atoms with Gasteiger partial charge in [0.25, 0.3) is 5.91 Å². The highest BCUT2D eigenvalue weighted by atomic mass is 32.1. The van der Waals surface area contributed by atoms with Gasteiger partial charge in [-0.15, -0.1) is 11.3 Å². The molecule has 2 aromatic rings. The molecule has 2 amide bonds. The summed E-state index contributed by atoms with van der Waals surface area (Å²) in [5.74, 6) is -0.0630. The van der Waals surface area contributed by atoms with E-state index in [2.05, 4.69) is 15.5 Å². The normalized spacial score (nSPS) is 16.7. The summed E-state index contributed by atoms with van der Waals surface area (Å²) in [5.41, 5.74) is 1.38. The lowest BCUT2D eigenvalue weighted by Gasteiger charge is -2.18. The van der Waals surface area contributed by atoms with Crippen LogP contribution in [0.1, 0.15) is 42.4 Å². The molecule has 1 aromatic heterocycles. The van der Waals surface area contributed by atoms with Gasteiger partial charge in [0.15, 0.2) is 0 Å². The number of nitrogens with zero attached hydrogens (tertiary/aromatic N) is 1. The summed E-state index contributed by atoms with van der Waals surface area (Å²) in [7, 11) is 0. The number of hydrogen-bond donors (Lipinski definition) is 2. The molecule has 1 saturated heterocycles. The van der Waals surface area contributed by atoms with Crippen molar-refractivity contribution in [3.05, 3.63) is 46.6 Å². The van der Waals surface area contributed by atoms with Crippen molar-refractivity contribution in [3.63, 3.8) is 0 Å². The molecule has 1 fully saturated rings. The molecule has 7 heteroatoms. The number of nitrogens with one attached hydrogen (secondary N) is 2. The van der Waals surface area contributed by atoms with Crippen LogP contribution < -0.4 is 15.5 Å². The second-order valence-corrected chi connectivity index (χ2v) is 9.67. The molecule has 1 aliphatic heterocycles. The molecule has 0 aliphatic carbocycles. The first-order valence-electron chi connectivity index (χ1n) is 9.84. The van der Waals surface area contributed by atoms with Gasteiger partial charge in [0, 0.05) is 30.7 Å². The second kappa shape index (κ2) is 8.53. The van der Waals surface area contributed by atoms with Crippen molar-refractivity contribution in [3.8, 4) is 0 Å². The molecule has 1 atom stereocenters. The van der Waals surface area contributed by atoms with E-state index in [-0.39, 0.29) is 17.6 Å². The summed E-state index contributed by atoms with van der Waals surface area (Å²) in [6.45, 7) is 9.77. The molecule has 2 heterocycles. The molecular weight excluding hydrogens is 389 g/mol. The minimum absolute atomic E-state index is 0.0717. The molecular formula is C22H28FN3O2S. The molecule has 1 unspecified atom stereocenters. The van der Waals surface area contributed by atoms with Crippen LogP contribution in [0, 0.1) is 24.1 Å². The van der Waals surface area contributed by atoms with Gasteiger partial charge in [0.1, 0.15) is 5.82 Å². The highest BCUT2D eigenvalue weighted by Crippen LogP contribution is 2.29. The minimum atomic E-state index is -0.487. The summed E-state index contributed by atoms with van der Waals surface area (Å²) in [4.78, 5) is 27.6. The Hall–Kier alpha value is -2.41. The maximum atomic E-state index is 13.1. The number of hydrogen-bond acceptors (Lipinski definition) is 4. The van der Waals surface area contributed by atoms with E-state index >= 15 is 0 Å². The summed E-state index contributed by atoms with van der Waals surface area (Å²) >= 11 is 1.30. The van der Waals surface area contributed by atoms with E-state index in [9.17, 15) is 14.0 Å². The van der Waals surface area contributed by atoms with Gasteiger partial charge in [-0.05, 0) is 55.2 Å². The smallest absolute Gasteiger partial charge is 0.261 e. The number of carbonyl (C=O) groups excluding carboxylic acids is 2. The van der Waals surface area contributed by atoms with Gasteiger partial charge in [-0.2, -0.15) is 0 Å². The van der Waals surface area contributed by atoms with Crippen LogP contribution in [0.3, 0.4) is 0 Å². The third kappa shape index (κ3) is 5.35. The zero-order chi connectivity index (χ0) is 21.2. The van der Waals surface area contributed by atoms with Crippen LogP contribution in [0.4, 0.5) is 15.1 Å². The van der Waals surface area contributed by atoms with Crippen LogP contribution in [-0.2, 0) is 4.79 Å². The number of carbonyl (C=O) groups is 2. The Balaban J connectivity index is 1.53. The lowest BCUT2D eigenvalue weighted by Crippen LogP contribution is -2.30. The number of amides is 2. The quantitative estimate of drug-likeness (QED) is 0.756. The molecule has 3 rings (SSSR count). The Labute approximate surface area is 175 Å². The molecule has 0 bridgehead atoms. The van der Waals surface area contributed by atoms with Gasteiger partial charge in [0.2, 0.25) is 5.91 Å². The number of anilines is 2. The molecule has 5 nitrogen and oxygen atoms in total. The predicted molar refractivity (Wildman–Crippen MR) is 116 cm³/mol. The van der Waals surface area contributed by atoms with Crippen molar-refractivity contribution in [2.75, 3.05) is 29.9 Å². The third-order valence-electron chi connectivity index (χ3n) is 5.07. The average molecular weight is 418 g/mol. The van der Waals surface area contributed by atoms with Gasteiger partial charge in [0.05, 0.1) is 9.88 Å². The standard InChI is InChI=1S/C22H28FN3O2S/c1-14-11-18(25-21(28)22(2,3)4)29-19(14)20(27)24-12-15-9-10-26(13-15)17-7-5-16(23)6-8-17/h5-8,11,15H,9-10,12-13H2,1-4H3,(H,24,27)(H,25,28). The first-order valence-corrected chi connectivity index (χ1v) is 10.7. The number of benzene rings is 1. The van der Waals surface area contributed by atoms with Crippen LogP contribution in [0.15, 0.2) is 30.3 Å². The summed E-state index contributed by atoms with van der Waals surface area (Å²) < 4.78 is 13.1. The summed E-state index contributed by atoms with van der Waals surface area (Å²) in [6.07, 6.45) is 0.980. The van der Waals surface area contributed by atoms with E-state index in [1.54, 1.807) is 12.1 Å². The van der Waals surface area contributed by atoms with E-state index in [1.165, 1.54) is 23.5 Å². The Morgan fingerprint density at radius 3 is 2.59 bits per heavy atom.